The zero-order chi connectivity index (χ0) is 13.1. The minimum absolute atomic E-state index is 0.00160. The molecule has 0 spiro atoms. The van der Waals surface area contributed by atoms with Gasteiger partial charge in [0, 0.05) is 25.7 Å². The summed E-state index contributed by atoms with van der Waals surface area (Å²) in [7, 11) is 1.98. The summed E-state index contributed by atoms with van der Waals surface area (Å²) in [5, 5.41) is 12.0. The molecule has 1 saturated carbocycles. The first kappa shape index (κ1) is 12.6. The first-order valence-corrected chi connectivity index (χ1v) is 6.14. The third-order valence-corrected chi connectivity index (χ3v) is 3.04. The van der Waals surface area contributed by atoms with Gasteiger partial charge in [0.15, 0.2) is 0 Å². The SMILES string of the molecule is CCCN(C)c1cc(NC2CC2C(=O)O)ncn1. The predicted molar refractivity (Wildman–Crippen MR) is 68.7 cm³/mol. The van der Waals surface area contributed by atoms with Crippen LogP contribution in [0.15, 0.2) is 12.4 Å². The lowest BCUT2D eigenvalue weighted by Gasteiger charge is -2.17. The summed E-state index contributed by atoms with van der Waals surface area (Å²) >= 11 is 0. The van der Waals surface area contributed by atoms with Gasteiger partial charge in [0.2, 0.25) is 0 Å². The van der Waals surface area contributed by atoms with Crippen molar-refractivity contribution in [2.45, 2.75) is 25.8 Å². The van der Waals surface area contributed by atoms with E-state index in [2.05, 4.69) is 27.1 Å². The summed E-state index contributed by atoms with van der Waals surface area (Å²) in [5.74, 6) is 0.514. The minimum Gasteiger partial charge on any atom is -0.481 e. The van der Waals surface area contributed by atoms with Crippen LogP contribution in [0.4, 0.5) is 11.6 Å². The lowest BCUT2D eigenvalue weighted by molar-refractivity contribution is -0.138. The monoisotopic (exact) mass is 250 g/mol. The fourth-order valence-corrected chi connectivity index (χ4v) is 1.90. The fourth-order valence-electron chi connectivity index (χ4n) is 1.90. The van der Waals surface area contributed by atoms with Crippen LogP contribution in [-0.4, -0.2) is 40.7 Å². The maximum Gasteiger partial charge on any atom is 0.308 e. The van der Waals surface area contributed by atoms with Crippen LogP contribution in [0.1, 0.15) is 19.8 Å². The van der Waals surface area contributed by atoms with Crippen molar-refractivity contribution in [2.75, 3.05) is 23.8 Å². The molecule has 1 aliphatic rings. The Bertz CT molecular complexity index is 438. The number of hydrogen-bond donors (Lipinski definition) is 2. The Hall–Kier alpha value is -1.85. The fraction of sp³-hybridized carbons (Fsp3) is 0.583. The van der Waals surface area contributed by atoms with E-state index in [4.69, 9.17) is 5.11 Å². The number of aromatic nitrogens is 2. The summed E-state index contributed by atoms with van der Waals surface area (Å²) in [6.45, 7) is 3.04. The number of anilines is 2. The Balaban J connectivity index is 1.98. The molecule has 2 N–H and O–H groups in total. The van der Waals surface area contributed by atoms with Gasteiger partial charge in [-0.3, -0.25) is 4.79 Å². The maximum atomic E-state index is 10.7. The first-order chi connectivity index (χ1) is 8.61. The number of carboxylic acids is 1. The van der Waals surface area contributed by atoms with Crippen LogP contribution in [0, 0.1) is 5.92 Å². The van der Waals surface area contributed by atoms with E-state index in [1.54, 1.807) is 0 Å². The summed E-state index contributed by atoms with van der Waals surface area (Å²) in [5.41, 5.74) is 0. The molecule has 6 heteroatoms. The Labute approximate surface area is 106 Å². The number of carboxylic acid groups (broad SMARTS) is 1. The van der Waals surface area contributed by atoms with Gasteiger partial charge in [-0.25, -0.2) is 9.97 Å². The van der Waals surface area contributed by atoms with E-state index in [1.165, 1.54) is 6.33 Å². The molecule has 2 unspecified atom stereocenters. The molecule has 2 rings (SSSR count). The second-order valence-electron chi connectivity index (χ2n) is 4.61. The Morgan fingerprint density at radius 2 is 2.39 bits per heavy atom. The molecule has 0 aliphatic heterocycles. The molecule has 1 heterocycles. The van der Waals surface area contributed by atoms with Gasteiger partial charge in [-0.15, -0.1) is 0 Å². The minimum atomic E-state index is -0.745. The summed E-state index contributed by atoms with van der Waals surface area (Å²) in [6.07, 6.45) is 3.22. The smallest absolute Gasteiger partial charge is 0.308 e. The second kappa shape index (κ2) is 5.20. The van der Waals surface area contributed by atoms with Gasteiger partial charge in [0.05, 0.1) is 5.92 Å². The normalized spacial score (nSPS) is 21.4. The predicted octanol–water partition coefficient (Wildman–Crippen LogP) is 1.21. The number of nitrogens with zero attached hydrogens (tertiary/aromatic N) is 3. The van der Waals surface area contributed by atoms with Crippen LogP contribution in [0.25, 0.3) is 0 Å². The van der Waals surface area contributed by atoms with Crippen LogP contribution in [0.5, 0.6) is 0 Å². The maximum absolute atomic E-state index is 10.7. The summed E-state index contributed by atoms with van der Waals surface area (Å²) in [4.78, 5) is 21.1. The Morgan fingerprint density at radius 3 is 3.00 bits per heavy atom. The van der Waals surface area contributed by atoms with Crippen molar-refractivity contribution in [1.82, 2.24) is 9.97 Å². The topological polar surface area (TPSA) is 78.4 Å². The molecule has 0 radical (unpaired) electrons. The van der Waals surface area contributed by atoms with E-state index in [0.717, 1.165) is 18.8 Å². The first-order valence-electron chi connectivity index (χ1n) is 6.14. The van der Waals surface area contributed by atoms with E-state index in [9.17, 15) is 4.79 Å². The van der Waals surface area contributed by atoms with Gasteiger partial charge in [0.25, 0.3) is 0 Å². The number of carbonyl (C=O) groups is 1. The molecular formula is C12H18N4O2. The van der Waals surface area contributed by atoms with E-state index in [1.807, 2.05) is 13.1 Å². The zero-order valence-corrected chi connectivity index (χ0v) is 10.6. The van der Waals surface area contributed by atoms with Gasteiger partial charge >= 0.3 is 5.97 Å². The van der Waals surface area contributed by atoms with Crippen LogP contribution >= 0.6 is 0 Å². The third kappa shape index (κ3) is 2.88. The molecule has 0 amide bonds. The standard InChI is InChI=1S/C12H18N4O2/c1-3-4-16(2)11-6-10(13-7-14-11)15-9-5-8(9)12(17)18/h6-9H,3-5H2,1-2H3,(H,17,18)(H,13,14,15). The average Bonchev–Trinajstić information content (AvgIpc) is 3.09. The molecule has 6 nitrogen and oxygen atoms in total. The Morgan fingerprint density at radius 1 is 1.61 bits per heavy atom. The molecule has 1 fully saturated rings. The number of rotatable bonds is 6. The highest BCUT2D eigenvalue weighted by Gasteiger charge is 2.43. The highest BCUT2D eigenvalue weighted by molar-refractivity contribution is 5.75. The summed E-state index contributed by atoms with van der Waals surface area (Å²) < 4.78 is 0. The number of nitrogens with one attached hydrogen (secondary N) is 1. The van der Waals surface area contributed by atoms with E-state index >= 15 is 0 Å². The lowest BCUT2D eigenvalue weighted by Crippen LogP contribution is -2.19. The average molecular weight is 250 g/mol. The molecule has 0 aromatic carbocycles. The molecule has 1 aromatic heterocycles. The quantitative estimate of drug-likeness (QED) is 0.790. The molecule has 0 bridgehead atoms. The highest BCUT2D eigenvalue weighted by Crippen LogP contribution is 2.33. The van der Waals surface area contributed by atoms with Crippen molar-refractivity contribution in [1.29, 1.82) is 0 Å². The largest absolute Gasteiger partial charge is 0.481 e. The van der Waals surface area contributed by atoms with Crippen molar-refractivity contribution in [3.8, 4) is 0 Å². The van der Waals surface area contributed by atoms with Gasteiger partial charge in [-0.05, 0) is 12.8 Å². The highest BCUT2D eigenvalue weighted by atomic mass is 16.4. The van der Waals surface area contributed by atoms with Crippen LogP contribution in [-0.2, 0) is 4.79 Å². The molecule has 1 aromatic rings. The van der Waals surface area contributed by atoms with E-state index in [-0.39, 0.29) is 12.0 Å². The van der Waals surface area contributed by atoms with Crippen molar-refractivity contribution >= 4 is 17.6 Å². The number of hydrogen-bond acceptors (Lipinski definition) is 5. The molecule has 98 valence electrons. The number of aliphatic carboxylic acids is 1. The van der Waals surface area contributed by atoms with Gasteiger partial charge in [0.1, 0.15) is 18.0 Å². The van der Waals surface area contributed by atoms with Crippen molar-refractivity contribution in [3.63, 3.8) is 0 Å². The van der Waals surface area contributed by atoms with Crippen molar-refractivity contribution < 1.29 is 9.90 Å². The van der Waals surface area contributed by atoms with Crippen LogP contribution in [0.2, 0.25) is 0 Å². The molecule has 2 atom stereocenters. The molecule has 1 aliphatic carbocycles. The molecule has 0 saturated heterocycles. The zero-order valence-electron chi connectivity index (χ0n) is 10.6. The van der Waals surface area contributed by atoms with Crippen molar-refractivity contribution in [2.24, 2.45) is 5.92 Å². The second-order valence-corrected chi connectivity index (χ2v) is 4.61. The van der Waals surface area contributed by atoms with Crippen LogP contribution < -0.4 is 10.2 Å². The van der Waals surface area contributed by atoms with Crippen molar-refractivity contribution in [3.05, 3.63) is 12.4 Å². The Kier molecular flexibility index (Phi) is 3.64. The van der Waals surface area contributed by atoms with Gasteiger partial charge in [-0.1, -0.05) is 6.92 Å². The van der Waals surface area contributed by atoms with Gasteiger partial charge < -0.3 is 15.3 Å². The van der Waals surface area contributed by atoms with E-state index < -0.39 is 5.97 Å². The van der Waals surface area contributed by atoms with Crippen LogP contribution in [0.3, 0.4) is 0 Å². The molecule has 18 heavy (non-hydrogen) atoms. The molecular weight excluding hydrogens is 232 g/mol. The van der Waals surface area contributed by atoms with Gasteiger partial charge in [-0.2, -0.15) is 0 Å². The summed E-state index contributed by atoms with van der Waals surface area (Å²) in [6, 6.07) is 1.86. The third-order valence-electron chi connectivity index (χ3n) is 3.04. The lowest BCUT2D eigenvalue weighted by atomic mass is 10.4. The van der Waals surface area contributed by atoms with E-state index in [0.29, 0.717) is 12.2 Å².